The van der Waals surface area contributed by atoms with Crippen LogP contribution in [0.15, 0.2) is 0 Å². The van der Waals surface area contributed by atoms with Crippen LogP contribution in [0, 0.1) is 0 Å². The van der Waals surface area contributed by atoms with Crippen molar-refractivity contribution < 1.29 is 55.1 Å². The van der Waals surface area contributed by atoms with Crippen molar-refractivity contribution in [3.05, 3.63) is 0 Å². The van der Waals surface area contributed by atoms with E-state index in [1.165, 1.54) is 0 Å². The predicted octanol–water partition coefficient (Wildman–Crippen LogP) is -5.50. The molecule has 0 heterocycles. The summed E-state index contributed by atoms with van der Waals surface area (Å²) in [6.45, 7) is 0. The summed E-state index contributed by atoms with van der Waals surface area (Å²) in [5.74, 6) is 0. The van der Waals surface area contributed by atoms with Gasteiger partial charge < -0.3 is 0 Å². The van der Waals surface area contributed by atoms with Crippen LogP contribution < -0.4 is 0 Å². The minimum atomic E-state index is 0. The molecule has 0 nitrogen and oxygen atoms in total. The summed E-state index contributed by atoms with van der Waals surface area (Å²) < 4.78 is 0. The number of hydrogen-bond acceptors (Lipinski definition) is 0. The molecule has 0 unspecified atom stereocenters. The molecule has 0 aromatic heterocycles. The van der Waals surface area contributed by atoms with Crippen molar-refractivity contribution in [2.75, 3.05) is 0 Å². The van der Waals surface area contributed by atoms with Gasteiger partial charge in [-0.1, -0.05) is 0 Å². The van der Waals surface area contributed by atoms with Gasteiger partial charge in [0.25, 0.3) is 0 Å². The molecule has 0 aliphatic carbocycles. The van der Waals surface area contributed by atoms with Gasteiger partial charge in [-0.3, -0.25) is 0 Å². The maximum Gasteiger partial charge on any atom is 0 e. The van der Waals surface area contributed by atoms with Gasteiger partial charge in [0.05, 0.1) is 8.41 Å². The molecule has 0 aliphatic rings. The topological polar surface area (TPSA) is 0 Å². The molecule has 0 fully saturated rings. The molecule has 0 aromatic carbocycles. The van der Waals surface area contributed by atoms with Crippen LogP contribution in [-0.4, -0.2) is 168 Å². The minimum absolute atomic E-state index is 0. The van der Waals surface area contributed by atoms with Crippen molar-refractivity contribution in [1.82, 2.24) is 0 Å². The normalized spacial score (nSPS) is 0. The van der Waals surface area contributed by atoms with Gasteiger partial charge in [0, 0.05) is 55.1 Å². The molecule has 0 aromatic rings. The van der Waals surface area contributed by atoms with Crippen LogP contribution in [0.25, 0.3) is 0 Å². The maximum absolute atomic E-state index is 0. The first-order chi connectivity index (χ1) is 0. The van der Waals surface area contributed by atoms with E-state index < -0.39 is 0 Å². The second kappa shape index (κ2) is 60.1. The largest absolute Gasteiger partial charge is 0 e. The van der Waals surface area contributed by atoms with E-state index >= 15 is 0 Å². The van der Waals surface area contributed by atoms with Crippen LogP contribution in [-0.2, 0) is 55.1 Å². The third kappa shape index (κ3) is 51.8. The van der Waals surface area contributed by atoms with Gasteiger partial charge in [-0.15, -0.1) is 0 Å². The first-order valence-electron chi connectivity index (χ1n) is 0. The summed E-state index contributed by atoms with van der Waals surface area (Å²) in [5, 5.41) is 0. The zero-order valence-electron chi connectivity index (χ0n) is 1.53. The molecule has 0 atom stereocenters. The van der Waals surface area contributed by atoms with Gasteiger partial charge >= 0.3 is 142 Å². The van der Waals surface area contributed by atoms with Gasteiger partial charge in [-0.25, -0.2) is 0 Å². The first-order valence-corrected chi connectivity index (χ1v) is 0. The fraction of sp³-hybridized carbons (Fsp3) is 0. The molecule has 2 radical (unpaired) electrons. The molecule has 38 valence electrons. The van der Waals surface area contributed by atoms with Crippen LogP contribution in [0.2, 0.25) is 0 Å². The van der Waals surface area contributed by atoms with E-state index in [0.717, 1.165) is 0 Å². The summed E-state index contributed by atoms with van der Waals surface area (Å²) in [5.41, 5.74) is 0. The average Bonchev–Trinajstić information content (AvgIpc) is 0. The summed E-state index contributed by atoms with van der Waals surface area (Å²) in [6.07, 6.45) is 0. The van der Waals surface area contributed by atoms with E-state index in [1.54, 1.807) is 0 Å². The van der Waals surface area contributed by atoms with Crippen molar-refractivity contribution in [1.29, 1.82) is 0 Å². The van der Waals surface area contributed by atoms with E-state index in [2.05, 4.69) is 0 Å². The fourth-order valence-electron chi connectivity index (χ4n) is 0. The molecule has 0 N–H and O–H groups in total. The Hall–Kier alpha value is 6.99. The van der Waals surface area contributed by atoms with Crippen LogP contribution in [0.5, 0.6) is 0 Å². The van der Waals surface area contributed by atoms with Crippen molar-refractivity contribution in [3.8, 4) is 0 Å². The van der Waals surface area contributed by atoms with Crippen LogP contribution in [0.3, 0.4) is 0 Å². The Bertz CT molecular complexity index is 28.5. The molecule has 0 rings (SSSR count). The Morgan fingerprint density at radius 2 is 1.00 bits per heavy atom. The summed E-state index contributed by atoms with van der Waals surface area (Å²) in [6, 6.07) is 0. The Morgan fingerprint density at radius 1 is 1.00 bits per heavy atom. The van der Waals surface area contributed by atoms with Gasteiger partial charge in [-0.2, -0.15) is 0 Å². The summed E-state index contributed by atoms with van der Waals surface area (Å²) in [7, 11) is 0. The van der Waals surface area contributed by atoms with Crippen molar-refractivity contribution in [2.24, 2.45) is 0 Å². The maximum atomic E-state index is 0. The van der Waals surface area contributed by atoms with Gasteiger partial charge in [0.15, 0.2) is 17.4 Å². The molecule has 9 heavy (non-hydrogen) atoms. The van der Waals surface area contributed by atoms with Crippen LogP contribution in [0.1, 0.15) is 0 Å². The number of hydrogen-bond donors (Lipinski definition) is 0. The molecule has 0 saturated carbocycles. The minimum Gasteiger partial charge on any atom is 0 e. The van der Waals surface area contributed by atoms with E-state index in [-0.39, 0.29) is 223 Å². The zero-order valence-corrected chi connectivity index (χ0v) is 7.08. The van der Waals surface area contributed by atoms with Gasteiger partial charge in [0.2, 0.25) is 0 Å². The van der Waals surface area contributed by atoms with Crippen LogP contribution in [0.4, 0.5) is 0 Å². The molecule has 0 saturated heterocycles. The summed E-state index contributed by atoms with van der Waals surface area (Å²) >= 11 is 0. The van der Waals surface area contributed by atoms with E-state index in [1.807, 2.05) is 0 Å². The Labute approximate surface area is 216 Å². The zero-order chi connectivity index (χ0) is 0. The Balaban J connectivity index is 0. The Kier molecular flexibility index (Phi) is 491. The molecule has 0 aliphatic heterocycles. The monoisotopic (exact) mass is 346 g/mol. The second-order valence-electron chi connectivity index (χ2n) is 0. The SMILES string of the molecule is B.[AlH3].[CaH2].[KH].[MgH2].[Mn].[NaH].[V].[Zn]. The molecule has 0 bridgehead atoms. The molecular formula is H12AlBCaKMgMnNaVZn. The molecule has 0 spiro atoms. The van der Waals surface area contributed by atoms with Gasteiger partial charge in [0.1, 0.15) is 0 Å². The van der Waals surface area contributed by atoms with Gasteiger partial charge in [-0.05, 0) is 0 Å². The summed E-state index contributed by atoms with van der Waals surface area (Å²) in [4.78, 5) is 0. The van der Waals surface area contributed by atoms with E-state index in [4.69, 9.17) is 0 Å². The van der Waals surface area contributed by atoms with E-state index in [0.29, 0.717) is 0 Å². The smallest absolute Gasteiger partial charge is 0 e. The second-order valence-corrected chi connectivity index (χ2v) is 0. The fourth-order valence-corrected chi connectivity index (χ4v) is 0. The van der Waals surface area contributed by atoms with Crippen molar-refractivity contribution in [3.63, 3.8) is 0 Å². The third-order valence-electron chi connectivity index (χ3n) is 0. The van der Waals surface area contributed by atoms with Crippen molar-refractivity contribution >= 4 is 168 Å². The van der Waals surface area contributed by atoms with E-state index in [9.17, 15) is 0 Å². The Morgan fingerprint density at radius 3 is 1.00 bits per heavy atom. The third-order valence-corrected chi connectivity index (χ3v) is 0. The quantitative estimate of drug-likeness (QED) is 0.384. The average molecular weight is 348 g/mol. The first kappa shape index (κ1) is 73.6. The molecular weight excluding hydrogens is 336 g/mol. The molecule has 9 heteroatoms. The molecule has 0 amide bonds. The predicted molar refractivity (Wildman–Crippen MR) is 51.3 cm³/mol. The number of rotatable bonds is 0. The van der Waals surface area contributed by atoms with Crippen molar-refractivity contribution in [2.45, 2.75) is 0 Å². The van der Waals surface area contributed by atoms with Crippen LogP contribution >= 0.6 is 0 Å². The standard InChI is InChI=1S/Al.BH3.Ca.K.Mg.Mn.Na.V.Zn.9H/h;1H3;;;;;;;;;;;;;;;;.